The monoisotopic (exact) mass is 448 g/mol. The zero-order chi connectivity index (χ0) is 19.7. The molecule has 136 valence electrons. The second-order valence-electron chi connectivity index (χ2n) is 6.25. The molecule has 0 aliphatic heterocycles. The Kier molecular flexibility index (Phi) is 4.95. The van der Waals surface area contributed by atoms with E-state index < -0.39 is 5.63 Å². The fraction of sp³-hybridized carbons (Fsp3) is 0.0455. The van der Waals surface area contributed by atoms with Gasteiger partial charge in [0.2, 0.25) is 0 Å². The van der Waals surface area contributed by atoms with Gasteiger partial charge in [-0.25, -0.2) is 9.78 Å². The maximum absolute atomic E-state index is 12.4. The van der Waals surface area contributed by atoms with Gasteiger partial charge in [0.1, 0.15) is 16.7 Å². The van der Waals surface area contributed by atoms with E-state index in [0.29, 0.717) is 27.4 Å². The van der Waals surface area contributed by atoms with Gasteiger partial charge < -0.3 is 4.42 Å². The number of halogens is 1. The Hall–Kier alpha value is -3.01. The Labute approximate surface area is 173 Å². The predicted octanol–water partition coefficient (Wildman–Crippen LogP) is 6.05. The van der Waals surface area contributed by atoms with Crippen molar-refractivity contribution < 1.29 is 4.42 Å². The minimum Gasteiger partial charge on any atom is -0.422 e. The number of benzene rings is 2. The standard InChI is InChI=1S/C22H13BrN2O2S/c1-13-2-4-14(5-3-13)8-16(11-24)21-25-19(12-28-21)18-10-15-9-17(23)6-7-20(15)27-22(18)26/h2-10,12H,1H3/b16-8-. The van der Waals surface area contributed by atoms with Crippen LogP contribution < -0.4 is 5.63 Å². The van der Waals surface area contributed by atoms with Gasteiger partial charge in [0, 0.05) is 15.2 Å². The van der Waals surface area contributed by atoms with Gasteiger partial charge >= 0.3 is 5.63 Å². The summed E-state index contributed by atoms with van der Waals surface area (Å²) in [4.78, 5) is 16.9. The summed E-state index contributed by atoms with van der Waals surface area (Å²) in [5.41, 5.74) is 3.47. The molecule has 28 heavy (non-hydrogen) atoms. The molecule has 2 aromatic carbocycles. The van der Waals surface area contributed by atoms with Crippen molar-refractivity contribution in [1.29, 1.82) is 5.26 Å². The number of thiazole rings is 1. The van der Waals surface area contributed by atoms with E-state index in [-0.39, 0.29) is 0 Å². The molecule has 0 fully saturated rings. The molecule has 2 heterocycles. The van der Waals surface area contributed by atoms with E-state index in [9.17, 15) is 10.1 Å². The first-order valence-corrected chi connectivity index (χ1v) is 10.1. The zero-order valence-corrected chi connectivity index (χ0v) is 17.2. The van der Waals surface area contributed by atoms with Crippen molar-refractivity contribution in [3.63, 3.8) is 0 Å². The van der Waals surface area contributed by atoms with Gasteiger partial charge in [0.05, 0.1) is 16.8 Å². The van der Waals surface area contributed by atoms with Gasteiger partial charge in [0.25, 0.3) is 0 Å². The first-order valence-electron chi connectivity index (χ1n) is 8.41. The van der Waals surface area contributed by atoms with Crippen LogP contribution in [0.3, 0.4) is 0 Å². The van der Waals surface area contributed by atoms with Crippen LogP contribution in [0.25, 0.3) is 33.9 Å². The zero-order valence-electron chi connectivity index (χ0n) is 14.8. The molecule has 0 saturated carbocycles. The summed E-state index contributed by atoms with van der Waals surface area (Å²) in [6, 6.07) is 17.3. The molecule has 0 aliphatic rings. The number of allylic oxidation sites excluding steroid dienone is 1. The first-order chi connectivity index (χ1) is 13.5. The van der Waals surface area contributed by atoms with E-state index in [4.69, 9.17) is 4.42 Å². The molecule has 4 nitrogen and oxygen atoms in total. The van der Waals surface area contributed by atoms with Crippen LogP contribution in [0.4, 0.5) is 0 Å². The molecule has 4 aromatic rings. The van der Waals surface area contributed by atoms with Gasteiger partial charge in [-0.15, -0.1) is 11.3 Å². The van der Waals surface area contributed by atoms with Crippen molar-refractivity contribution in [1.82, 2.24) is 4.98 Å². The van der Waals surface area contributed by atoms with Crippen molar-refractivity contribution in [3.8, 4) is 17.3 Å². The second-order valence-corrected chi connectivity index (χ2v) is 8.02. The van der Waals surface area contributed by atoms with Gasteiger partial charge in [-0.1, -0.05) is 45.8 Å². The maximum atomic E-state index is 12.4. The van der Waals surface area contributed by atoms with Crippen LogP contribution in [0.1, 0.15) is 16.1 Å². The maximum Gasteiger partial charge on any atom is 0.345 e. The van der Waals surface area contributed by atoms with E-state index in [1.54, 1.807) is 23.6 Å². The molecule has 6 heteroatoms. The van der Waals surface area contributed by atoms with Gasteiger partial charge in [0.15, 0.2) is 0 Å². The highest BCUT2D eigenvalue weighted by molar-refractivity contribution is 9.10. The number of fused-ring (bicyclic) bond motifs is 1. The third-order valence-corrected chi connectivity index (χ3v) is 5.58. The van der Waals surface area contributed by atoms with E-state index in [1.165, 1.54) is 11.3 Å². The van der Waals surface area contributed by atoms with E-state index >= 15 is 0 Å². The number of rotatable bonds is 3. The minimum atomic E-state index is -0.451. The summed E-state index contributed by atoms with van der Waals surface area (Å²) in [7, 11) is 0. The molecule has 0 saturated heterocycles. The van der Waals surface area contributed by atoms with Gasteiger partial charge in [-0.3, -0.25) is 0 Å². The summed E-state index contributed by atoms with van der Waals surface area (Å²) < 4.78 is 6.31. The lowest BCUT2D eigenvalue weighted by Gasteiger charge is -2.00. The van der Waals surface area contributed by atoms with Crippen LogP contribution in [0.15, 0.2) is 67.6 Å². The molecule has 0 N–H and O–H groups in total. The third kappa shape index (κ3) is 3.68. The Balaban J connectivity index is 1.75. The topological polar surface area (TPSA) is 66.9 Å². The summed E-state index contributed by atoms with van der Waals surface area (Å²) >= 11 is 4.75. The second kappa shape index (κ2) is 7.55. The van der Waals surface area contributed by atoms with Crippen LogP contribution in [0.5, 0.6) is 0 Å². The molecule has 0 bridgehead atoms. The summed E-state index contributed by atoms with van der Waals surface area (Å²) in [5.74, 6) is 0. The Morgan fingerprint density at radius 2 is 2.00 bits per heavy atom. The van der Waals surface area contributed by atoms with Crippen LogP contribution in [0, 0.1) is 18.3 Å². The van der Waals surface area contributed by atoms with Gasteiger partial charge in [-0.2, -0.15) is 5.26 Å². The van der Waals surface area contributed by atoms with Crippen molar-refractivity contribution in [2.75, 3.05) is 0 Å². The van der Waals surface area contributed by atoms with Crippen molar-refractivity contribution in [3.05, 3.63) is 84.9 Å². The molecular formula is C22H13BrN2O2S. The first kappa shape index (κ1) is 18.4. The normalized spacial score (nSPS) is 11.5. The van der Waals surface area contributed by atoms with E-state index in [2.05, 4.69) is 27.0 Å². The Morgan fingerprint density at radius 1 is 1.21 bits per heavy atom. The smallest absolute Gasteiger partial charge is 0.345 e. The largest absolute Gasteiger partial charge is 0.422 e. The van der Waals surface area contributed by atoms with E-state index in [1.807, 2.05) is 43.3 Å². The van der Waals surface area contributed by atoms with Crippen LogP contribution >= 0.6 is 27.3 Å². The Morgan fingerprint density at radius 3 is 2.75 bits per heavy atom. The highest BCUT2D eigenvalue weighted by atomic mass is 79.9. The fourth-order valence-electron chi connectivity index (χ4n) is 2.77. The fourth-order valence-corrected chi connectivity index (χ4v) is 3.93. The molecule has 0 aliphatic carbocycles. The number of nitrogens with zero attached hydrogens (tertiary/aromatic N) is 2. The molecule has 4 rings (SSSR count). The number of nitriles is 1. The number of aromatic nitrogens is 1. The molecular weight excluding hydrogens is 436 g/mol. The third-order valence-electron chi connectivity index (χ3n) is 4.21. The lowest BCUT2D eigenvalue weighted by Crippen LogP contribution is -2.02. The molecule has 0 spiro atoms. The lowest BCUT2D eigenvalue weighted by atomic mass is 10.1. The van der Waals surface area contributed by atoms with Gasteiger partial charge in [-0.05, 0) is 42.8 Å². The van der Waals surface area contributed by atoms with Crippen molar-refractivity contribution in [2.45, 2.75) is 6.92 Å². The molecule has 0 amide bonds. The summed E-state index contributed by atoms with van der Waals surface area (Å²) in [6.07, 6.45) is 1.79. The molecule has 2 aromatic heterocycles. The number of aryl methyl sites for hydroxylation is 1. The quantitative estimate of drug-likeness (QED) is 0.282. The van der Waals surface area contributed by atoms with Crippen molar-refractivity contribution in [2.24, 2.45) is 0 Å². The predicted molar refractivity (Wildman–Crippen MR) is 116 cm³/mol. The molecule has 0 unspecified atom stereocenters. The average molecular weight is 449 g/mol. The number of hydrogen-bond donors (Lipinski definition) is 0. The van der Waals surface area contributed by atoms with E-state index in [0.717, 1.165) is 21.0 Å². The number of hydrogen-bond acceptors (Lipinski definition) is 5. The average Bonchev–Trinajstić information content (AvgIpc) is 3.17. The highest BCUT2D eigenvalue weighted by Crippen LogP contribution is 2.28. The van der Waals surface area contributed by atoms with Crippen molar-refractivity contribution >= 4 is 49.9 Å². The Bertz CT molecular complexity index is 1310. The van der Waals surface area contributed by atoms with Crippen LogP contribution in [-0.4, -0.2) is 4.98 Å². The van der Waals surface area contributed by atoms with Crippen LogP contribution in [-0.2, 0) is 0 Å². The molecule has 0 radical (unpaired) electrons. The van der Waals surface area contributed by atoms with Crippen LogP contribution in [0.2, 0.25) is 0 Å². The summed E-state index contributed by atoms with van der Waals surface area (Å²) in [5, 5.41) is 12.7. The SMILES string of the molecule is Cc1ccc(/C=C(/C#N)c2nc(-c3cc4cc(Br)ccc4oc3=O)cs2)cc1. The minimum absolute atomic E-state index is 0.376. The lowest BCUT2D eigenvalue weighted by molar-refractivity contribution is 0.563. The summed E-state index contributed by atoms with van der Waals surface area (Å²) in [6.45, 7) is 2.01. The highest BCUT2D eigenvalue weighted by Gasteiger charge is 2.14. The molecule has 0 atom stereocenters.